The summed E-state index contributed by atoms with van der Waals surface area (Å²) in [5.41, 5.74) is 0.219. The molecule has 1 N–H and O–H groups in total. The van der Waals surface area contributed by atoms with E-state index in [0.717, 1.165) is 0 Å². The summed E-state index contributed by atoms with van der Waals surface area (Å²) < 4.78 is 4.85. The van der Waals surface area contributed by atoms with Gasteiger partial charge in [-0.05, 0) is 6.07 Å². The van der Waals surface area contributed by atoms with Gasteiger partial charge < -0.3 is 9.52 Å². The Morgan fingerprint density at radius 2 is 2.50 bits per heavy atom. The molecule has 4 heteroatoms. The number of carbonyl (C=O) groups is 1. The lowest BCUT2D eigenvalue weighted by Crippen LogP contribution is -1.96. The Hall–Kier alpha value is -0.770. The van der Waals surface area contributed by atoms with Crippen molar-refractivity contribution in [2.45, 2.75) is 5.33 Å². The second-order valence-corrected chi connectivity index (χ2v) is 2.26. The van der Waals surface area contributed by atoms with Crippen LogP contribution in [-0.4, -0.2) is 11.1 Å². The normalized spacial score (nSPS) is 9.70. The van der Waals surface area contributed by atoms with Crippen molar-refractivity contribution in [3.8, 4) is 0 Å². The Balaban J connectivity index is 3.01. The maximum absolute atomic E-state index is 10.4. The van der Waals surface area contributed by atoms with Crippen molar-refractivity contribution in [1.29, 1.82) is 0 Å². The number of rotatable bonds is 2. The minimum atomic E-state index is -0.955. The third kappa shape index (κ3) is 1.21. The fraction of sp³-hybridized carbons (Fsp3) is 0.167. The fourth-order valence-electron chi connectivity index (χ4n) is 0.635. The zero-order valence-corrected chi connectivity index (χ0v) is 6.59. The van der Waals surface area contributed by atoms with Crippen molar-refractivity contribution >= 4 is 21.9 Å². The van der Waals surface area contributed by atoms with Crippen LogP contribution < -0.4 is 0 Å². The molecule has 0 spiro atoms. The third-order valence-corrected chi connectivity index (χ3v) is 1.61. The van der Waals surface area contributed by atoms with Gasteiger partial charge in [0.1, 0.15) is 11.3 Å². The van der Waals surface area contributed by atoms with Crippen LogP contribution in [0, 0.1) is 0 Å². The molecule has 54 valence electrons. The summed E-state index contributed by atoms with van der Waals surface area (Å²) >= 11 is 3.10. The van der Waals surface area contributed by atoms with E-state index < -0.39 is 5.97 Å². The molecule has 1 aromatic rings. The second-order valence-electron chi connectivity index (χ2n) is 1.70. The monoisotopic (exact) mass is 204 g/mol. The Bertz CT molecular complexity index is 241. The Labute approximate surface area is 65.8 Å². The molecule has 0 saturated carbocycles. The van der Waals surface area contributed by atoms with Gasteiger partial charge in [0, 0.05) is 0 Å². The van der Waals surface area contributed by atoms with Gasteiger partial charge in [-0.3, -0.25) is 0 Å². The lowest BCUT2D eigenvalue weighted by atomic mass is 10.3. The van der Waals surface area contributed by atoms with Crippen LogP contribution in [0.5, 0.6) is 0 Å². The number of carboxylic acid groups (broad SMARTS) is 1. The van der Waals surface area contributed by atoms with Crippen molar-refractivity contribution < 1.29 is 14.3 Å². The first-order chi connectivity index (χ1) is 4.75. The molecule has 1 aromatic heterocycles. The van der Waals surface area contributed by atoms with Crippen LogP contribution in [0.25, 0.3) is 0 Å². The van der Waals surface area contributed by atoms with Crippen LogP contribution in [0.4, 0.5) is 0 Å². The summed E-state index contributed by atoms with van der Waals surface area (Å²) in [5.74, 6) is -0.504. The fourth-order valence-corrected chi connectivity index (χ4v) is 1.07. The van der Waals surface area contributed by atoms with E-state index in [1.54, 1.807) is 0 Å². The lowest BCUT2D eigenvalue weighted by Gasteiger charge is -1.89. The minimum Gasteiger partial charge on any atom is -0.478 e. The van der Waals surface area contributed by atoms with E-state index >= 15 is 0 Å². The molecule has 10 heavy (non-hydrogen) atoms. The van der Waals surface area contributed by atoms with E-state index in [-0.39, 0.29) is 5.56 Å². The molecular formula is C6H5BrO3. The van der Waals surface area contributed by atoms with Gasteiger partial charge in [-0.15, -0.1) is 0 Å². The Morgan fingerprint density at radius 3 is 2.90 bits per heavy atom. The van der Waals surface area contributed by atoms with E-state index in [4.69, 9.17) is 9.52 Å². The molecule has 0 unspecified atom stereocenters. The van der Waals surface area contributed by atoms with E-state index in [1.807, 2.05) is 0 Å². The van der Waals surface area contributed by atoms with E-state index in [0.29, 0.717) is 11.1 Å². The number of furan rings is 1. The minimum absolute atomic E-state index is 0.219. The van der Waals surface area contributed by atoms with Gasteiger partial charge in [-0.1, -0.05) is 15.9 Å². The largest absolute Gasteiger partial charge is 0.478 e. The molecule has 0 aliphatic rings. The predicted octanol–water partition coefficient (Wildman–Crippen LogP) is 1.87. The summed E-state index contributed by atoms with van der Waals surface area (Å²) in [5, 5.41) is 8.94. The number of halogens is 1. The highest BCUT2D eigenvalue weighted by Crippen LogP contribution is 2.13. The van der Waals surface area contributed by atoms with Gasteiger partial charge in [0.2, 0.25) is 0 Å². The molecule has 0 aliphatic heterocycles. The molecule has 0 aromatic carbocycles. The molecule has 0 radical (unpaired) electrons. The summed E-state index contributed by atoms with van der Waals surface area (Å²) in [6, 6.07) is 1.43. The second kappa shape index (κ2) is 2.88. The van der Waals surface area contributed by atoms with Crippen LogP contribution in [0.2, 0.25) is 0 Å². The molecule has 0 atom stereocenters. The smallest absolute Gasteiger partial charge is 0.339 e. The zero-order chi connectivity index (χ0) is 7.56. The Kier molecular flexibility index (Phi) is 2.11. The first-order valence-corrected chi connectivity index (χ1v) is 3.73. The van der Waals surface area contributed by atoms with Gasteiger partial charge in [0.15, 0.2) is 0 Å². The molecule has 0 saturated heterocycles. The van der Waals surface area contributed by atoms with E-state index in [1.165, 1.54) is 12.3 Å². The van der Waals surface area contributed by atoms with Crippen LogP contribution in [-0.2, 0) is 5.33 Å². The van der Waals surface area contributed by atoms with Crippen LogP contribution in [0.1, 0.15) is 16.1 Å². The first-order valence-electron chi connectivity index (χ1n) is 2.61. The zero-order valence-electron chi connectivity index (χ0n) is 5.00. The van der Waals surface area contributed by atoms with Crippen LogP contribution in [0.15, 0.2) is 16.7 Å². The Morgan fingerprint density at radius 1 is 1.80 bits per heavy atom. The van der Waals surface area contributed by atoms with Crippen molar-refractivity contribution in [2.24, 2.45) is 0 Å². The average molecular weight is 205 g/mol. The van der Waals surface area contributed by atoms with Crippen molar-refractivity contribution in [3.05, 3.63) is 23.7 Å². The average Bonchev–Trinajstić information content (AvgIpc) is 2.33. The maximum atomic E-state index is 10.4. The predicted molar refractivity (Wildman–Crippen MR) is 38.3 cm³/mol. The molecular weight excluding hydrogens is 200 g/mol. The highest BCUT2D eigenvalue weighted by atomic mass is 79.9. The van der Waals surface area contributed by atoms with Gasteiger partial charge in [0.25, 0.3) is 0 Å². The quantitative estimate of drug-likeness (QED) is 0.749. The summed E-state index contributed by atoms with van der Waals surface area (Å²) in [7, 11) is 0. The van der Waals surface area contributed by atoms with Crippen molar-refractivity contribution in [3.63, 3.8) is 0 Å². The number of hydrogen-bond acceptors (Lipinski definition) is 2. The van der Waals surface area contributed by atoms with E-state index in [9.17, 15) is 4.79 Å². The third-order valence-electron chi connectivity index (χ3n) is 1.10. The van der Waals surface area contributed by atoms with Gasteiger partial charge >= 0.3 is 5.97 Å². The number of aromatic carboxylic acids is 1. The molecule has 0 aliphatic carbocycles. The maximum Gasteiger partial charge on any atom is 0.339 e. The number of hydrogen-bond donors (Lipinski definition) is 1. The van der Waals surface area contributed by atoms with Gasteiger partial charge in [-0.2, -0.15) is 0 Å². The molecule has 0 bridgehead atoms. The van der Waals surface area contributed by atoms with E-state index in [2.05, 4.69) is 15.9 Å². The molecule has 0 fully saturated rings. The SMILES string of the molecule is O=C(O)c1ccoc1CBr. The molecule has 3 nitrogen and oxygen atoms in total. The molecule has 1 heterocycles. The molecule has 0 amide bonds. The van der Waals surface area contributed by atoms with Crippen LogP contribution in [0.3, 0.4) is 0 Å². The molecule has 1 rings (SSSR count). The lowest BCUT2D eigenvalue weighted by molar-refractivity contribution is 0.0695. The summed E-state index contributed by atoms with van der Waals surface area (Å²) in [6.45, 7) is 0. The number of alkyl halides is 1. The van der Waals surface area contributed by atoms with Gasteiger partial charge in [0.05, 0.1) is 11.6 Å². The highest BCUT2D eigenvalue weighted by molar-refractivity contribution is 9.08. The highest BCUT2D eigenvalue weighted by Gasteiger charge is 2.10. The van der Waals surface area contributed by atoms with Gasteiger partial charge in [-0.25, -0.2) is 4.79 Å². The number of carboxylic acids is 1. The standard InChI is InChI=1S/C6H5BrO3/c7-3-5-4(6(8)9)1-2-10-5/h1-2H,3H2,(H,8,9). The summed E-state index contributed by atoms with van der Waals surface area (Å²) in [4.78, 5) is 10.4. The van der Waals surface area contributed by atoms with Crippen molar-refractivity contribution in [1.82, 2.24) is 0 Å². The summed E-state index contributed by atoms with van der Waals surface area (Å²) in [6.07, 6.45) is 1.36. The topological polar surface area (TPSA) is 50.4 Å². The van der Waals surface area contributed by atoms with Crippen molar-refractivity contribution in [2.75, 3.05) is 0 Å². The first kappa shape index (κ1) is 7.34. The van der Waals surface area contributed by atoms with Crippen LogP contribution >= 0.6 is 15.9 Å².